The van der Waals surface area contributed by atoms with Gasteiger partial charge >= 0.3 is 0 Å². The number of aromatic amines is 1. The zero-order valence-corrected chi connectivity index (χ0v) is 11.4. The second kappa shape index (κ2) is 4.84. The first-order valence-corrected chi connectivity index (χ1v) is 6.40. The zero-order valence-electron chi connectivity index (χ0n) is 8.98. The van der Waals surface area contributed by atoms with Crippen molar-refractivity contribution in [2.24, 2.45) is 0 Å². The van der Waals surface area contributed by atoms with Crippen LogP contribution in [0.5, 0.6) is 0 Å². The summed E-state index contributed by atoms with van der Waals surface area (Å²) in [6.07, 6.45) is 0. The van der Waals surface area contributed by atoms with Crippen LogP contribution < -0.4 is 5.73 Å². The highest BCUT2D eigenvalue weighted by atomic mass is 79.9. The average Bonchev–Trinajstić information content (AvgIpc) is 2.87. The van der Waals surface area contributed by atoms with Crippen molar-refractivity contribution in [3.05, 3.63) is 26.6 Å². The van der Waals surface area contributed by atoms with Crippen LogP contribution >= 0.6 is 27.3 Å². The summed E-state index contributed by atoms with van der Waals surface area (Å²) in [5.74, 6) is -0.0139. The number of nitrogen functional groups attached to an aromatic ring is 1. The molecule has 0 aliphatic carbocycles. The lowest BCUT2D eigenvalue weighted by Gasteiger charge is -2.13. The normalized spacial score (nSPS) is 10.5. The van der Waals surface area contributed by atoms with E-state index in [1.807, 2.05) is 11.4 Å². The van der Waals surface area contributed by atoms with Crippen LogP contribution in [0.1, 0.15) is 15.5 Å². The molecule has 0 saturated heterocycles. The molecule has 6 nitrogen and oxygen atoms in total. The summed E-state index contributed by atoms with van der Waals surface area (Å²) in [7, 11) is 1.70. The number of amides is 1. The Morgan fingerprint density at radius 1 is 1.71 bits per heavy atom. The van der Waals surface area contributed by atoms with Gasteiger partial charge in [-0.05, 0) is 22.0 Å². The minimum Gasteiger partial charge on any atom is -0.366 e. The van der Waals surface area contributed by atoms with Gasteiger partial charge in [0.1, 0.15) is 0 Å². The molecule has 90 valence electrons. The molecule has 0 unspecified atom stereocenters. The standard InChI is InChI=1S/C9H10BrN5OS/c1-15(3-6-2-5(10)4-17-6)8(16)7-12-9(11)14-13-7/h2,4H,3H2,1H3,(H3,11,12,13,14). The number of hydrogen-bond acceptors (Lipinski definition) is 5. The first-order chi connectivity index (χ1) is 8.06. The van der Waals surface area contributed by atoms with Crippen molar-refractivity contribution in [1.82, 2.24) is 20.1 Å². The van der Waals surface area contributed by atoms with Gasteiger partial charge in [-0.25, -0.2) is 0 Å². The summed E-state index contributed by atoms with van der Waals surface area (Å²) >= 11 is 4.95. The maximum atomic E-state index is 11.9. The van der Waals surface area contributed by atoms with Gasteiger partial charge in [-0.3, -0.25) is 9.89 Å². The Hall–Kier alpha value is -1.41. The third-order valence-electron chi connectivity index (χ3n) is 2.07. The maximum Gasteiger partial charge on any atom is 0.291 e. The van der Waals surface area contributed by atoms with Crippen LogP contribution in [0, 0.1) is 0 Å². The molecule has 0 radical (unpaired) electrons. The molecule has 8 heteroatoms. The van der Waals surface area contributed by atoms with E-state index in [4.69, 9.17) is 5.73 Å². The third kappa shape index (κ3) is 2.83. The van der Waals surface area contributed by atoms with Crippen molar-refractivity contribution in [1.29, 1.82) is 0 Å². The molecular weight excluding hydrogens is 306 g/mol. The van der Waals surface area contributed by atoms with E-state index in [2.05, 4.69) is 31.1 Å². The average molecular weight is 316 g/mol. The number of halogens is 1. The molecule has 2 aromatic heterocycles. The van der Waals surface area contributed by atoms with E-state index in [1.165, 1.54) is 0 Å². The summed E-state index contributed by atoms with van der Waals surface area (Å²) in [6, 6.07) is 1.98. The van der Waals surface area contributed by atoms with Crippen LogP contribution in [-0.4, -0.2) is 33.0 Å². The second-order valence-electron chi connectivity index (χ2n) is 3.43. The molecule has 3 N–H and O–H groups in total. The number of anilines is 1. The van der Waals surface area contributed by atoms with Gasteiger partial charge in [0, 0.05) is 21.8 Å². The molecular formula is C9H10BrN5OS. The maximum absolute atomic E-state index is 11.9. The highest BCUT2D eigenvalue weighted by Crippen LogP contribution is 2.21. The zero-order chi connectivity index (χ0) is 12.4. The predicted octanol–water partition coefficient (Wildman–Crippen LogP) is 1.48. The number of thiophene rings is 1. The van der Waals surface area contributed by atoms with Crippen LogP contribution in [0.2, 0.25) is 0 Å². The Kier molecular flexibility index (Phi) is 3.43. The fourth-order valence-corrected chi connectivity index (χ4v) is 2.80. The van der Waals surface area contributed by atoms with Gasteiger partial charge in [-0.1, -0.05) is 0 Å². The number of carbonyl (C=O) groups is 1. The van der Waals surface area contributed by atoms with E-state index in [0.29, 0.717) is 6.54 Å². The minimum atomic E-state index is -0.237. The summed E-state index contributed by atoms with van der Waals surface area (Å²) in [6.45, 7) is 0.524. The van der Waals surface area contributed by atoms with Gasteiger partial charge in [0.2, 0.25) is 11.8 Å². The Balaban J connectivity index is 2.05. The summed E-state index contributed by atoms with van der Waals surface area (Å²) in [5, 5.41) is 8.09. The van der Waals surface area contributed by atoms with E-state index in [1.54, 1.807) is 23.3 Å². The van der Waals surface area contributed by atoms with E-state index >= 15 is 0 Å². The molecule has 0 bridgehead atoms. The van der Waals surface area contributed by atoms with Crippen molar-refractivity contribution in [2.45, 2.75) is 6.54 Å². The first-order valence-electron chi connectivity index (χ1n) is 4.72. The molecule has 2 rings (SSSR count). The van der Waals surface area contributed by atoms with Gasteiger partial charge in [-0.15, -0.1) is 16.4 Å². The minimum absolute atomic E-state index is 0.0700. The van der Waals surface area contributed by atoms with Gasteiger partial charge in [0.15, 0.2) is 0 Å². The van der Waals surface area contributed by atoms with Crippen LogP contribution in [-0.2, 0) is 6.54 Å². The molecule has 0 aliphatic heterocycles. The largest absolute Gasteiger partial charge is 0.366 e. The summed E-state index contributed by atoms with van der Waals surface area (Å²) in [5.41, 5.74) is 5.34. The highest BCUT2D eigenvalue weighted by molar-refractivity contribution is 9.10. The van der Waals surface area contributed by atoms with Gasteiger partial charge < -0.3 is 10.6 Å². The third-order valence-corrected chi connectivity index (χ3v) is 3.75. The first kappa shape index (κ1) is 12.1. The molecule has 0 saturated carbocycles. The molecule has 1 amide bonds. The quantitative estimate of drug-likeness (QED) is 0.898. The lowest BCUT2D eigenvalue weighted by molar-refractivity contribution is 0.0775. The monoisotopic (exact) mass is 315 g/mol. The van der Waals surface area contributed by atoms with Crippen LogP contribution in [0.3, 0.4) is 0 Å². The molecule has 0 aliphatic rings. The van der Waals surface area contributed by atoms with Crippen molar-refractivity contribution in [3.8, 4) is 0 Å². The number of rotatable bonds is 3. The fraction of sp³-hybridized carbons (Fsp3) is 0.222. The van der Waals surface area contributed by atoms with Crippen LogP contribution in [0.25, 0.3) is 0 Å². The fourth-order valence-electron chi connectivity index (χ4n) is 1.29. The van der Waals surface area contributed by atoms with Gasteiger partial charge in [-0.2, -0.15) is 4.98 Å². The number of H-pyrrole nitrogens is 1. The second-order valence-corrected chi connectivity index (χ2v) is 5.35. The topological polar surface area (TPSA) is 87.9 Å². The Labute approximate surface area is 110 Å². The Morgan fingerprint density at radius 2 is 2.47 bits per heavy atom. The van der Waals surface area contributed by atoms with Gasteiger partial charge in [0.25, 0.3) is 5.91 Å². The smallest absolute Gasteiger partial charge is 0.291 e. The van der Waals surface area contributed by atoms with Gasteiger partial charge in [0.05, 0.1) is 6.54 Å². The number of hydrogen-bond donors (Lipinski definition) is 2. The predicted molar refractivity (Wildman–Crippen MR) is 68.6 cm³/mol. The highest BCUT2D eigenvalue weighted by Gasteiger charge is 2.16. The van der Waals surface area contributed by atoms with E-state index in [-0.39, 0.29) is 17.7 Å². The molecule has 17 heavy (non-hydrogen) atoms. The molecule has 2 heterocycles. The number of nitrogens with zero attached hydrogens (tertiary/aromatic N) is 3. The van der Waals surface area contributed by atoms with Crippen molar-refractivity contribution >= 4 is 39.1 Å². The van der Waals surface area contributed by atoms with Crippen LogP contribution in [0.15, 0.2) is 15.9 Å². The number of nitrogens with two attached hydrogens (primary N) is 1. The summed E-state index contributed by atoms with van der Waals surface area (Å²) < 4.78 is 1.02. The number of aromatic nitrogens is 3. The number of nitrogens with one attached hydrogen (secondary N) is 1. The Bertz CT molecular complexity index is 537. The Morgan fingerprint density at radius 3 is 3.00 bits per heavy atom. The van der Waals surface area contributed by atoms with Crippen molar-refractivity contribution < 1.29 is 4.79 Å². The van der Waals surface area contributed by atoms with Crippen molar-refractivity contribution in [3.63, 3.8) is 0 Å². The molecule has 2 aromatic rings. The van der Waals surface area contributed by atoms with Crippen molar-refractivity contribution in [2.75, 3.05) is 12.8 Å². The molecule has 0 fully saturated rings. The summed E-state index contributed by atoms with van der Waals surface area (Å²) in [4.78, 5) is 18.3. The van der Waals surface area contributed by atoms with E-state index in [0.717, 1.165) is 9.35 Å². The molecule has 0 spiro atoms. The SMILES string of the molecule is CN(Cc1cc(Br)cs1)C(=O)c1nc(N)n[nH]1. The molecule has 0 aromatic carbocycles. The van der Waals surface area contributed by atoms with Crippen LogP contribution in [0.4, 0.5) is 5.95 Å². The number of carbonyl (C=O) groups excluding carboxylic acids is 1. The van der Waals surface area contributed by atoms with E-state index < -0.39 is 0 Å². The lowest BCUT2D eigenvalue weighted by Crippen LogP contribution is -2.26. The van der Waals surface area contributed by atoms with E-state index in [9.17, 15) is 4.79 Å². The molecule has 0 atom stereocenters. The lowest BCUT2D eigenvalue weighted by atomic mass is 10.4.